The van der Waals surface area contributed by atoms with Crippen LogP contribution < -0.4 is 10.6 Å². The van der Waals surface area contributed by atoms with Crippen LogP contribution in [0.5, 0.6) is 0 Å². The minimum atomic E-state index is -0.165. The largest absolute Gasteiger partial charge is 0.383 e. The molecule has 5 heteroatoms. The number of amides is 2. The molecule has 18 heavy (non-hydrogen) atoms. The van der Waals surface area contributed by atoms with Gasteiger partial charge in [0.2, 0.25) is 0 Å². The molecule has 2 aromatic rings. The number of rotatable bonds is 5. The highest BCUT2D eigenvalue weighted by molar-refractivity contribution is 7.17. The van der Waals surface area contributed by atoms with Gasteiger partial charge in [-0.15, -0.1) is 11.3 Å². The Bertz CT molecular complexity index is 524. The summed E-state index contributed by atoms with van der Waals surface area (Å²) in [5.74, 6) is 0. The average Bonchev–Trinajstić information content (AvgIpc) is 2.80. The molecule has 1 heterocycles. The number of hydrogen-bond donors (Lipinski definition) is 2. The van der Waals surface area contributed by atoms with Gasteiger partial charge in [0.1, 0.15) is 0 Å². The molecule has 0 aliphatic rings. The fraction of sp³-hybridized carbons (Fsp3) is 0.308. The topological polar surface area (TPSA) is 50.4 Å². The van der Waals surface area contributed by atoms with Gasteiger partial charge in [0.15, 0.2) is 0 Å². The molecule has 1 aromatic carbocycles. The zero-order valence-electron chi connectivity index (χ0n) is 10.2. The van der Waals surface area contributed by atoms with Crippen LogP contribution >= 0.6 is 11.3 Å². The smallest absolute Gasteiger partial charge is 0.315 e. The summed E-state index contributed by atoms with van der Waals surface area (Å²) < 4.78 is 6.10. The van der Waals surface area contributed by atoms with Gasteiger partial charge in [-0.25, -0.2) is 4.79 Å². The third kappa shape index (κ3) is 3.21. The summed E-state index contributed by atoms with van der Waals surface area (Å²) in [4.78, 5) is 11.5. The van der Waals surface area contributed by atoms with Crippen LogP contribution in [-0.2, 0) is 11.3 Å². The lowest BCUT2D eigenvalue weighted by Crippen LogP contribution is -2.36. The van der Waals surface area contributed by atoms with Crippen LogP contribution in [0.25, 0.3) is 10.1 Å². The first-order valence-electron chi connectivity index (χ1n) is 5.77. The molecule has 0 saturated carbocycles. The number of methoxy groups -OCH3 is 1. The molecule has 1 aromatic heterocycles. The van der Waals surface area contributed by atoms with Crippen molar-refractivity contribution in [3.8, 4) is 0 Å². The number of nitrogens with one attached hydrogen (secondary N) is 2. The Morgan fingerprint density at radius 3 is 3.00 bits per heavy atom. The van der Waals surface area contributed by atoms with Crippen LogP contribution in [0, 0.1) is 0 Å². The standard InChI is InChI=1S/C13H16N2O2S/c1-17-7-6-14-13(16)15-8-10-9-18-12-5-3-2-4-11(10)12/h2-5,9H,6-8H2,1H3,(H2,14,15,16). The molecule has 0 spiro atoms. The molecular formula is C13H16N2O2S. The van der Waals surface area contributed by atoms with Gasteiger partial charge in [0, 0.05) is 24.9 Å². The average molecular weight is 264 g/mol. The van der Waals surface area contributed by atoms with Gasteiger partial charge in [0.05, 0.1) is 6.61 Å². The second-order valence-corrected chi connectivity index (χ2v) is 4.77. The molecule has 0 aliphatic heterocycles. The molecule has 0 radical (unpaired) electrons. The summed E-state index contributed by atoms with van der Waals surface area (Å²) in [5.41, 5.74) is 1.15. The molecule has 4 nitrogen and oxygen atoms in total. The van der Waals surface area contributed by atoms with Crippen molar-refractivity contribution in [1.82, 2.24) is 10.6 Å². The molecule has 96 valence electrons. The molecule has 0 atom stereocenters. The molecule has 2 rings (SSSR count). The van der Waals surface area contributed by atoms with E-state index in [-0.39, 0.29) is 6.03 Å². The van der Waals surface area contributed by atoms with Crippen molar-refractivity contribution in [3.05, 3.63) is 35.2 Å². The second-order valence-electron chi connectivity index (χ2n) is 3.86. The lowest BCUT2D eigenvalue weighted by atomic mass is 10.2. The van der Waals surface area contributed by atoms with Crippen molar-refractivity contribution < 1.29 is 9.53 Å². The Morgan fingerprint density at radius 1 is 1.33 bits per heavy atom. The predicted octanol–water partition coefficient (Wildman–Crippen LogP) is 2.35. The van der Waals surface area contributed by atoms with E-state index in [4.69, 9.17) is 4.74 Å². The third-order valence-electron chi connectivity index (χ3n) is 2.59. The first-order chi connectivity index (χ1) is 8.81. The van der Waals surface area contributed by atoms with Crippen LogP contribution in [0.4, 0.5) is 4.79 Å². The summed E-state index contributed by atoms with van der Waals surface area (Å²) >= 11 is 1.70. The zero-order valence-corrected chi connectivity index (χ0v) is 11.0. The second kappa shape index (κ2) is 6.37. The van der Waals surface area contributed by atoms with Crippen LogP contribution in [0.2, 0.25) is 0 Å². The number of hydrogen-bond acceptors (Lipinski definition) is 3. The predicted molar refractivity (Wildman–Crippen MR) is 73.9 cm³/mol. The third-order valence-corrected chi connectivity index (χ3v) is 3.60. The van der Waals surface area contributed by atoms with Crippen molar-refractivity contribution in [2.24, 2.45) is 0 Å². The van der Waals surface area contributed by atoms with Gasteiger partial charge in [-0.2, -0.15) is 0 Å². The number of carbonyl (C=O) groups excluding carboxylic acids is 1. The number of fused-ring (bicyclic) bond motifs is 1. The molecule has 0 fully saturated rings. The number of urea groups is 1. The molecule has 2 N–H and O–H groups in total. The summed E-state index contributed by atoms with van der Waals surface area (Å²) in [7, 11) is 1.61. The van der Waals surface area contributed by atoms with Crippen LogP contribution in [-0.4, -0.2) is 26.3 Å². The molecule has 0 bridgehead atoms. The molecule has 0 aliphatic carbocycles. The number of benzene rings is 1. The van der Waals surface area contributed by atoms with E-state index in [0.29, 0.717) is 19.7 Å². The van der Waals surface area contributed by atoms with Crippen molar-refractivity contribution in [1.29, 1.82) is 0 Å². The first kappa shape index (κ1) is 12.9. The maximum atomic E-state index is 11.5. The Balaban J connectivity index is 1.88. The fourth-order valence-corrected chi connectivity index (χ4v) is 2.64. The van der Waals surface area contributed by atoms with Crippen molar-refractivity contribution >= 4 is 27.5 Å². The first-order valence-corrected chi connectivity index (χ1v) is 6.65. The molecule has 2 amide bonds. The van der Waals surface area contributed by atoms with Crippen molar-refractivity contribution in [2.45, 2.75) is 6.54 Å². The van der Waals surface area contributed by atoms with Crippen molar-refractivity contribution in [2.75, 3.05) is 20.3 Å². The Hall–Kier alpha value is -1.59. The van der Waals surface area contributed by atoms with E-state index in [1.54, 1.807) is 18.4 Å². The van der Waals surface area contributed by atoms with Gasteiger partial charge in [-0.05, 0) is 22.4 Å². The van der Waals surface area contributed by atoms with E-state index >= 15 is 0 Å². The highest BCUT2D eigenvalue weighted by Crippen LogP contribution is 2.25. The Kier molecular flexibility index (Phi) is 4.55. The Labute approximate surface area is 110 Å². The number of carbonyl (C=O) groups is 1. The SMILES string of the molecule is COCCNC(=O)NCc1csc2ccccc12. The summed E-state index contributed by atoms with van der Waals surface area (Å²) in [6.07, 6.45) is 0. The normalized spacial score (nSPS) is 10.5. The summed E-state index contributed by atoms with van der Waals surface area (Å²) in [6, 6.07) is 8.03. The monoisotopic (exact) mass is 264 g/mol. The van der Waals surface area contributed by atoms with Crippen LogP contribution in [0.15, 0.2) is 29.6 Å². The number of thiophene rings is 1. The molecule has 0 unspecified atom stereocenters. The lowest BCUT2D eigenvalue weighted by Gasteiger charge is -2.06. The van der Waals surface area contributed by atoms with E-state index in [9.17, 15) is 4.79 Å². The minimum absolute atomic E-state index is 0.165. The van der Waals surface area contributed by atoms with Crippen LogP contribution in [0.1, 0.15) is 5.56 Å². The highest BCUT2D eigenvalue weighted by Gasteiger charge is 2.04. The van der Waals surface area contributed by atoms with Crippen molar-refractivity contribution in [3.63, 3.8) is 0 Å². The minimum Gasteiger partial charge on any atom is -0.383 e. The number of ether oxygens (including phenoxy) is 1. The quantitative estimate of drug-likeness (QED) is 0.814. The maximum absolute atomic E-state index is 11.5. The summed E-state index contributed by atoms with van der Waals surface area (Å²) in [5, 5.41) is 8.85. The van der Waals surface area contributed by atoms with Gasteiger partial charge < -0.3 is 15.4 Å². The van der Waals surface area contributed by atoms with E-state index in [2.05, 4.69) is 28.1 Å². The van der Waals surface area contributed by atoms with E-state index in [0.717, 1.165) is 5.56 Å². The van der Waals surface area contributed by atoms with Crippen LogP contribution in [0.3, 0.4) is 0 Å². The summed E-state index contributed by atoms with van der Waals surface area (Å²) in [6.45, 7) is 1.59. The van der Waals surface area contributed by atoms with Gasteiger partial charge in [0.25, 0.3) is 0 Å². The fourth-order valence-electron chi connectivity index (χ4n) is 1.67. The van der Waals surface area contributed by atoms with E-state index in [1.807, 2.05) is 12.1 Å². The lowest BCUT2D eigenvalue weighted by molar-refractivity contribution is 0.196. The van der Waals surface area contributed by atoms with Gasteiger partial charge in [-0.1, -0.05) is 18.2 Å². The van der Waals surface area contributed by atoms with Gasteiger partial charge in [-0.3, -0.25) is 0 Å². The zero-order chi connectivity index (χ0) is 12.8. The highest BCUT2D eigenvalue weighted by atomic mass is 32.1. The Morgan fingerprint density at radius 2 is 2.17 bits per heavy atom. The molecular weight excluding hydrogens is 248 g/mol. The maximum Gasteiger partial charge on any atom is 0.315 e. The van der Waals surface area contributed by atoms with Gasteiger partial charge >= 0.3 is 6.03 Å². The van der Waals surface area contributed by atoms with E-state index < -0.39 is 0 Å². The van der Waals surface area contributed by atoms with E-state index in [1.165, 1.54) is 10.1 Å². The molecule has 0 saturated heterocycles.